The Morgan fingerprint density at radius 2 is 1.72 bits per heavy atom. The highest BCUT2D eigenvalue weighted by atomic mass is 19.1. The van der Waals surface area contributed by atoms with Gasteiger partial charge in [0.25, 0.3) is 5.56 Å². The summed E-state index contributed by atoms with van der Waals surface area (Å²) < 4.78 is 50.9. The van der Waals surface area contributed by atoms with Gasteiger partial charge in [0.1, 0.15) is 17.8 Å². The maximum Gasteiger partial charge on any atom is 0.307 e. The SMILES string of the molecule is CCOC(=O)C[C@H](NC[C@H](CC(C)C)n1cc(CCN2CC[C@@H](F)C2)c(C)cc1=O)c1cc(-c2c(C)cc(F)cc2C)cc(C)c1F. The van der Waals surface area contributed by atoms with Crippen molar-refractivity contribution in [2.45, 2.75) is 92.4 Å². The van der Waals surface area contributed by atoms with Gasteiger partial charge in [0, 0.05) is 56.1 Å². The molecule has 3 aromatic rings. The van der Waals surface area contributed by atoms with Gasteiger partial charge < -0.3 is 19.5 Å². The fourth-order valence-electron chi connectivity index (χ4n) is 6.86. The third-order valence-electron chi connectivity index (χ3n) is 9.17. The van der Waals surface area contributed by atoms with Crippen LogP contribution in [0.3, 0.4) is 0 Å². The van der Waals surface area contributed by atoms with Crippen LogP contribution in [0.25, 0.3) is 11.1 Å². The standard InChI is InChI=1S/C38H50F3N3O3/c1-8-47-36(46)19-34(33-18-29(14-27(7)38(33)41)37-25(5)15-31(40)16-26(37)6)42-20-32(13-23(2)3)44-21-28(24(4)17-35(44)45)9-11-43-12-10-30(39)22-43/h14-18,21,23,30,32,34,42H,8-13,19-20,22H2,1-7H3/t30-,32+,34+/m1/s1. The van der Waals surface area contributed by atoms with Crippen molar-refractivity contribution in [3.63, 3.8) is 0 Å². The van der Waals surface area contributed by atoms with Gasteiger partial charge in [-0.3, -0.25) is 9.59 Å². The molecular weight excluding hydrogens is 603 g/mol. The number of nitrogens with one attached hydrogen (secondary N) is 1. The van der Waals surface area contributed by atoms with Gasteiger partial charge in [-0.15, -0.1) is 0 Å². The highest BCUT2D eigenvalue weighted by Crippen LogP contribution is 2.34. The van der Waals surface area contributed by atoms with Crippen molar-refractivity contribution in [2.75, 3.05) is 32.8 Å². The predicted octanol–water partition coefficient (Wildman–Crippen LogP) is 7.48. The summed E-state index contributed by atoms with van der Waals surface area (Å²) in [6.07, 6.45) is 2.95. The number of carbonyl (C=O) groups is 1. The first-order chi connectivity index (χ1) is 22.3. The van der Waals surface area contributed by atoms with Crippen LogP contribution in [0.15, 0.2) is 41.3 Å². The molecule has 0 amide bonds. The first kappa shape index (κ1) is 36.4. The van der Waals surface area contributed by atoms with Crippen LogP contribution >= 0.6 is 0 Å². The molecule has 0 spiro atoms. The Labute approximate surface area is 277 Å². The number of aryl methyl sites for hydroxylation is 4. The molecule has 256 valence electrons. The minimum absolute atomic E-state index is 0.108. The Hall–Kier alpha value is -3.43. The zero-order chi connectivity index (χ0) is 34.4. The van der Waals surface area contributed by atoms with E-state index in [4.69, 9.17) is 4.74 Å². The Kier molecular flexibility index (Phi) is 12.5. The lowest BCUT2D eigenvalue weighted by molar-refractivity contribution is -0.143. The van der Waals surface area contributed by atoms with Crippen LogP contribution < -0.4 is 10.9 Å². The Morgan fingerprint density at radius 3 is 2.34 bits per heavy atom. The largest absolute Gasteiger partial charge is 0.466 e. The second kappa shape index (κ2) is 16.1. The van der Waals surface area contributed by atoms with E-state index < -0.39 is 24.0 Å². The monoisotopic (exact) mass is 653 g/mol. The minimum atomic E-state index is -0.785. The number of likely N-dealkylation sites (tertiary alicyclic amines) is 1. The van der Waals surface area contributed by atoms with Gasteiger partial charge in [-0.2, -0.15) is 0 Å². The smallest absolute Gasteiger partial charge is 0.307 e. The highest BCUT2D eigenvalue weighted by Gasteiger charge is 2.26. The van der Waals surface area contributed by atoms with Crippen molar-refractivity contribution in [1.29, 1.82) is 0 Å². The molecule has 0 radical (unpaired) electrons. The highest BCUT2D eigenvalue weighted by molar-refractivity contribution is 5.73. The van der Waals surface area contributed by atoms with Gasteiger partial charge in [0.05, 0.1) is 13.0 Å². The number of hydrogen-bond acceptors (Lipinski definition) is 5. The summed E-state index contributed by atoms with van der Waals surface area (Å²) in [6, 6.07) is 7.04. The summed E-state index contributed by atoms with van der Waals surface area (Å²) in [4.78, 5) is 28.4. The van der Waals surface area contributed by atoms with Crippen molar-refractivity contribution in [3.8, 4) is 11.1 Å². The maximum atomic E-state index is 16.0. The van der Waals surface area contributed by atoms with E-state index in [1.165, 1.54) is 12.1 Å². The number of carbonyl (C=O) groups excluding carboxylic acids is 1. The zero-order valence-corrected chi connectivity index (χ0v) is 28.9. The first-order valence-electron chi connectivity index (χ1n) is 16.8. The maximum absolute atomic E-state index is 16.0. The molecule has 1 N–H and O–H groups in total. The number of rotatable bonds is 14. The van der Waals surface area contributed by atoms with Crippen molar-refractivity contribution in [3.05, 3.63) is 91.9 Å². The molecule has 1 aliphatic heterocycles. The summed E-state index contributed by atoms with van der Waals surface area (Å²) in [5, 5.41) is 3.45. The summed E-state index contributed by atoms with van der Waals surface area (Å²) in [7, 11) is 0. The molecule has 2 aromatic carbocycles. The lowest BCUT2D eigenvalue weighted by Crippen LogP contribution is -2.36. The lowest BCUT2D eigenvalue weighted by atomic mass is 9.90. The number of alkyl halides is 1. The molecule has 47 heavy (non-hydrogen) atoms. The average Bonchev–Trinajstić information content (AvgIpc) is 3.40. The van der Waals surface area contributed by atoms with E-state index >= 15 is 4.39 Å². The zero-order valence-electron chi connectivity index (χ0n) is 28.9. The average molecular weight is 654 g/mol. The molecule has 0 saturated carbocycles. The molecule has 2 heterocycles. The minimum Gasteiger partial charge on any atom is -0.466 e. The van der Waals surface area contributed by atoms with Crippen molar-refractivity contribution in [2.24, 2.45) is 5.92 Å². The third kappa shape index (κ3) is 9.35. The predicted molar refractivity (Wildman–Crippen MR) is 182 cm³/mol. The van der Waals surface area contributed by atoms with Crippen LogP contribution in [0.1, 0.15) is 85.5 Å². The number of pyridine rings is 1. The number of esters is 1. The summed E-state index contributed by atoms with van der Waals surface area (Å²) in [5.74, 6) is -0.977. The molecule has 0 aliphatic carbocycles. The number of nitrogens with zero attached hydrogens (tertiary/aromatic N) is 2. The van der Waals surface area contributed by atoms with E-state index in [2.05, 4.69) is 24.1 Å². The first-order valence-corrected chi connectivity index (χ1v) is 16.8. The van der Waals surface area contributed by atoms with Crippen LogP contribution in [0.5, 0.6) is 0 Å². The third-order valence-corrected chi connectivity index (χ3v) is 9.17. The van der Waals surface area contributed by atoms with E-state index in [9.17, 15) is 18.4 Å². The fraction of sp³-hybridized carbons (Fsp3) is 0.526. The lowest BCUT2D eigenvalue weighted by Gasteiger charge is -2.27. The van der Waals surface area contributed by atoms with Gasteiger partial charge in [-0.25, -0.2) is 13.2 Å². The van der Waals surface area contributed by atoms with Crippen molar-refractivity contribution in [1.82, 2.24) is 14.8 Å². The van der Waals surface area contributed by atoms with E-state index in [1.54, 1.807) is 36.6 Å². The van der Waals surface area contributed by atoms with Crippen LogP contribution in [0, 0.1) is 45.2 Å². The van der Waals surface area contributed by atoms with Gasteiger partial charge in [0.2, 0.25) is 0 Å². The second-order valence-corrected chi connectivity index (χ2v) is 13.5. The topological polar surface area (TPSA) is 63.6 Å². The summed E-state index contributed by atoms with van der Waals surface area (Å²) in [5.41, 5.74) is 5.54. The molecule has 1 aromatic heterocycles. The molecule has 1 aliphatic rings. The Morgan fingerprint density at radius 1 is 1.02 bits per heavy atom. The van der Waals surface area contributed by atoms with E-state index in [1.807, 2.05) is 27.0 Å². The normalized spacial score (nSPS) is 16.5. The Balaban J connectivity index is 1.68. The number of aromatic nitrogens is 1. The van der Waals surface area contributed by atoms with Gasteiger partial charge >= 0.3 is 5.97 Å². The molecule has 1 fully saturated rings. The van der Waals surface area contributed by atoms with E-state index in [0.29, 0.717) is 43.5 Å². The van der Waals surface area contributed by atoms with Crippen LogP contribution in [0.2, 0.25) is 0 Å². The Bertz CT molecular complexity index is 1600. The van der Waals surface area contributed by atoms with Crippen molar-refractivity contribution >= 4 is 5.97 Å². The van der Waals surface area contributed by atoms with Crippen LogP contribution in [-0.2, 0) is 16.0 Å². The van der Waals surface area contributed by atoms with Crippen molar-refractivity contribution < 1.29 is 22.7 Å². The van der Waals surface area contributed by atoms with Gasteiger partial charge in [-0.1, -0.05) is 13.8 Å². The molecule has 4 rings (SSSR count). The molecule has 0 bridgehead atoms. The quantitative estimate of drug-likeness (QED) is 0.183. The number of hydrogen-bond donors (Lipinski definition) is 1. The molecule has 0 unspecified atom stereocenters. The van der Waals surface area contributed by atoms with Crippen LogP contribution in [0.4, 0.5) is 13.2 Å². The van der Waals surface area contributed by atoms with E-state index in [-0.39, 0.29) is 36.4 Å². The van der Waals surface area contributed by atoms with Crippen LogP contribution in [-0.4, -0.2) is 54.4 Å². The number of halogens is 3. The molecule has 6 nitrogen and oxygen atoms in total. The van der Waals surface area contributed by atoms with Gasteiger partial charge in [0.15, 0.2) is 0 Å². The van der Waals surface area contributed by atoms with E-state index in [0.717, 1.165) is 46.5 Å². The molecule has 1 saturated heterocycles. The number of benzene rings is 2. The molecular formula is C38H50F3N3O3. The number of ether oxygens (including phenoxy) is 1. The van der Waals surface area contributed by atoms with Gasteiger partial charge in [-0.05, 0) is 123 Å². The molecule has 9 heteroatoms. The fourth-order valence-corrected chi connectivity index (χ4v) is 6.86. The second-order valence-electron chi connectivity index (χ2n) is 13.5. The summed E-state index contributed by atoms with van der Waals surface area (Å²) in [6.45, 7) is 15.6. The summed E-state index contributed by atoms with van der Waals surface area (Å²) >= 11 is 0. The molecule has 3 atom stereocenters.